The van der Waals surface area contributed by atoms with Crippen molar-refractivity contribution in [1.29, 1.82) is 0 Å². The van der Waals surface area contributed by atoms with E-state index < -0.39 is 5.82 Å². The zero-order valence-electron chi connectivity index (χ0n) is 14.0. The number of ether oxygens (including phenoxy) is 2. The number of esters is 1. The monoisotopic (exact) mass is 338 g/mol. The smallest absolute Gasteiger partial charge is 0.307 e. The second-order valence-electron chi connectivity index (χ2n) is 5.74. The van der Waals surface area contributed by atoms with Crippen LogP contribution < -0.4 is 5.32 Å². The molecule has 1 saturated heterocycles. The Balaban J connectivity index is 1.95. The molecule has 0 radical (unpaired) electrons. The van der Waals surface area contributed by atoms with E-state index >= 15 is 0 Å². The van der Waals surface area contributed by atoms with Gasteiger partial charge in [0.2, 0.25) is 5.91 Å². The van der Waals surface area contributed by atoms with Gasteiger partial charge in [0.1, 0.15) is 5.82 Å². The molecule has 1 aromatic carbocycles. The molecule has 0 aliphatic carbocycles. The molecule has 1 heterocycles. The standard InChI is InChI=1S/C17H23FN2O4/c1-3-24-17(22)9-13-11-23-7-6-20(13)10-16(21)19-15-8-12(2)4-5-14(15)18/h4-5,8,13H,3,6-7,9-11H2,1-2H3,(H,19,21). The number of amides is 1. The topological polar surface area (TPSA) is 67.9 Å². The van der Waals surface area contributed by atoms with Crippen LogP contribution >= 0.6 is 0 Å². The Morgan fingerprint density at radius 3 is 3.00 bits per heavy atom. The van der Waals surface area contributed by atoms with Gasteiger partial charge in [-0.15, -0.1) is 0 Å². The van der Waals surface area contributed by atoms with Gasteiger partial charge in [0.25, 0.3) is 0 Å². The summed E-state index contributed by atoms with van der Waals surface area (Å²) in [5.41, 5.74) is 1.02. The number of nitrogens with zero attached hydrogens (tertiary/aromatic N) is 1. The van der Waals surface area contributed by atoms with Gasteiger partial charge in [-0.05, 0) is 31.5 Å². The van der Waals surface area contributed by atoms with Gasteiger partial charge in [0, 0.05) is 12.6 Å². The second-order valence-corrected chi connectivity index (χ2v) is 5.74. The SMILES string of the molecule is CCOC(=O)CC1COCCN1CC(=O)Nc1cc(C)ccc1F. The largest absolute Gasteiger partial charge is 0.466 e. The predicted molar refractivity (Wildman–Crippen MR) is 87.2 cm³/mol. The summed E-state index contributed by atoms with van der Waals surface area (Å²) in [4.78, 5) is 25.8. The molecule has 1 N–H and O–H groups in total. The van der Waals surface area contributed by atoms with Crippen LogP contribution in [0.5, 0.6) is 0 Å². The lowest BCUT2D eigenvalue weighted by atomic mass is 10.1. The summed E-state index contributed by atoms with van der Waals surface area (Å²) in [5, 5.41) is 2.58. The minimum Gasteiger partial charge on any atom is -0.466 e. The number of carbonyl (C=O) groups is 2. The highest BCUT2D eigenvalue weighted by atomic mass is 19.1. The average Bonchev–Trinajstić information content (AvgIpc) is 2.53. The highest BCUT2D eigenvalue weighted by Crippen LogP contribution is 2.16. The molecule has 1 amide bonds. The van der Waals surface area contributed by atoms with Crippen LogP contribution in [0.1, 0.15) is 18.9 Å². The Morgan fingerprint density at radius 1 is 1.46 bits per heavy atom. The second kappa shape index (κ2) is 8.75. The minimum absolute atomic E-state index is 0.0703. The number of hydrogen-bond acceptors (Lipinski definition) is 5. The van der Waals surface area contributed by atoms with Crippen molar-refractivity contribution in [2.24, 2.45) is 0 Å². The normalized spacial score (nSPS) is 18.2. The van der Waals surface area contributed by atoms with Gasteiger partial charge in [0.05, 0.1) is 38.5 Å². The third-order valence-electron chi connectivity index (χ3n) is 3.80. The molecule has 6 nitrogen and oxygen atoms in total. The third-order valence-corrected chi connectivity index (χ3v) is 3.80. The molecule has 24 heavy (non-hydrogen) atoms. The van der Waals surface area contributed by atoms with Crippen LogP contribution in [-0.4, -0.2) is 55.7 Å². The van der Waals surface area contributed by atoms with Gasteiger partial charge in [-0.3, -0.25) is 14.5 Å². The molecule has 0 saturated carbocycles. The van der Waals surface area contributed by atoms with Gasteiger partial charge in [-0.1, -0.05) is 6.07 Å². The summed E-state index contributed by atoms with van der Waals surface area (Å²) in [7, 11) is 0. The highest BCUT2D eigenvalue weighted by molar-refractivity contribution is 5.92. The maximum atomic E-state index is 13.7. The minimum atomic E-state index is -0.473. The first-order valence-electron chi connectivity index (χ1n) is 8.03. The molecule has 1 fully saturated rings. The number of aryl methyl sites for hydroxylation is 1. The zero-order chi connectivity index (χ0) is 17.5. The van der Waals surface area contributed by atoms with Crippen molar-refractivity contribution >= 4 is 17.6 Å². The number of anilines is 1. The summed E-state index contributed by atoms with van der Waals surface area (Å²) in [6.45, 7) is 5.35. The van der Waals surface area contributed by atoms with Crippen molar-refractivity contribution in [3.05, 3.63) is 29.6 Å². The van der Waals surface area contributed by atoms with E-state index in [2.05, 4.69) is 5.32 Å². The van der Waals surface area contributed by atoms with Crippen LogP contribution in [0.25, 0.3) is 0 Å². The van der Waals surface area contributed by atoms with Crippen LogP contribution in [0, 0.1) is 12.7 Å². The first-order valence-corrected chi connectivity index (χ1v) is 8.03. The van der Waals surface area contributed by atoms with E-state index in [0.29, 0.717) is 26.4 Å². The molecular weight excluding hydrogens is 315 g/mol. The molecule has 0 bridgehead atoms. The van der Waals surface area contributed by atoms with Crippen LogP contribution in [-0.2, 0) is 19.1 Å². The van der Waals surface area contributed by atoms with Crippen LogP contribution in [0.3, 0.4) is 0 Å². The molecular formula is C17H23FN2O4. The summed E-state index contributed by atoms with van der Waals surface area (Å²) in [5.74, 6) is -1.11. The highest BCUT2D eigenvalue weighted by Gasteiger charge is 2.27. The van der Waals surface area contributed by atoms with Crippen molar-refractivity contribution < 1.29 is 23.5 Å². The van der Waals surface area contributed by atoms with E-state index in [4.69, 9.17) is 9.47 Å². The first kappa shape index (κ1) is 18.4. The Kier molecular flexibility index (Phi) is 6.69. The van der Waals surface area contributed by atoms with Crippen molar-refractivity contribution in [3.63, 3.8) is 0 Å². The number of halogens is 1. The molecule has 1 aromatic rings. The van der Waals surface area contributed by atoms with Gasteiger partial charge >= 0.3 is 5.97 Å². The van der Waals surface area contributed by atoms with Crippen LogP contribution in [0.4, 0.5) is 10.1 Å². The maximum absolute atomic E-state index is 13.7. The fraction of sp³-hybridized carbons (Fsp3) is 0.529. The third kappa shape index (κ3) is 5.28. The number of nitrogens with one attached hydrogen (secondary N) is 1. The number of morpholine rings is 1. The molecule has 1 aliphatic rings. The van der Waals surface area contributed by atoms with Gasteiger partial charge in [0.15, 0.2) is 0 Å². The van der Waals surface area contributed by atoms with Crippen molar-refractivity contribution in [3.8, 4) is 0 Å². The van der Waals surface area contributed by atoms with E-state index in [1.54, 1.807) is 19.1 Å². The predicted octanol–water partition coefficient (Wildman–Crippen LogP) is 1.73. The quantitative estimate of drug-likeness (QED) is 0.800. The van der Waals surface area contributed by atoms with Crippen molar-refractivity contribution in [1.82, 2.24) is 4.90 Å². The lowest BCUT2D eigenvalue weighted by molar-refractivity contribution is -0.146. The number of benzene rings is 1. The van der Waals surface area contributed by atoms with E-state index in [1.165, 1.54) is 6.07 Å². The lowest BCUT2D eigenvalue weighted by Crippen LogP contribution is -2.49. The lowest BCUT2D eigenvalue weighted by Gasteiger charge is -2.34. The Hall–Kier alpha value is -1.99. The van der Waals surface area contributed by atoms with Crippen LogP contribution in [0.2, 0.25) is 0 Å². The Morgan fingerprint density at radius 2 is 2.25 bits per heavy atom. The maximum Gasteiger partial charge on any atom is 0.307 e. The number of carbonyl (C=O) groups excluding carboxylic acids is 2. The Bertz CT molecular complexity index is 594. The van der Waals surface area contributed by atoms with Gasteiger partial charge in [-0.25, -0.2) is 4.39 Å². The summed E-state index contributed by atoms with van der Waals surface area (Å²) < 4.78 is 24.1. The van der Waals surface area contributed by atoms with E-state index in [9.17, 15) is 14.0 Å². The first-order chi connectivity index (χ1) is 11.5. The number of rotatable bonds is 6. The van der Waals surface area contributed by atoms with E-state index in [1.807, 2.05) is 11.8 Å². The molecule has 0 spiro atoms. The summed E-state index contributed by atoms with van der Waals surface area (Å²) in [6, 6.07) is 4.33. The van der Waals surface area contributed by atoms with Crippen molar-refractivity contribution in [2.75, 3.05) is 38.2 Å². The number of hydrogen-bond donors (Lipinski definition) is 1. The Labute approximate surface area is 140 Å². The molecule has 7 heteroatoms. The molecule has 0 aromatic heterocycles. The van der Waals surface area contributed by atoms with E-state index in [-0.39, 0.29) is 36.6 Å². The summed E-state index contributed by atoms with van der Waals surface area (Å²) >= 11 is 0. The van der Waals surface area contributed by atoms with Crippen LogP contribution in [0.15, 0.2) is 18.2 Å². The molecule has 132 valence electrons. The molecule has 1 atom stereocenters. The van der Waals surface area contributed by atoms with Gasteiger partial charge < -0.3 is 14.8 Å². The fourth-order valence-electron chi connectivity index (χ4n) is 2.61. The molecule has 2 rings (SSSR count). The molecule has 1 aliphatic heterocycles. The molecule has 1 unspecified atom stereocenters. The summed E-state index contributed by atoms with van der Waals surface area (Å²) in [6.07, 6.45) is 0.167. The zero-order valence-corrected chi connectivity index (χ0v) is 14.0. The van der Waals surface area contributed by atoms with E-state index in [0.717, 1.165) is 5.56 Å². The van der Waals surface area contributed by atoms with Crippen molar-refractivity contribution in [2.45, 2.75) is 26.3 Å². The van der Waals surface area contributed by atoms with Gasteiger partial charge in [-0.2, -0.15) is 0 Å². The fourth-order valence-corrected chi connectivity index (χ4v) is 2.61. The average molecular weight is 338 g/mol.